The van der Waals surface area contributed by atoms with Gasteiger partial charge in [0.1, 0.15) is 5.76 Å². The van der Waals surface area contributed by atoms with Gasteiger partial charge in [-0.2, -0.15) is 0 Å². The maximum Gasteiger partial charge on any atom is 0.417 e. The van der Waals surface area contributed by atoms with Crippen molar-refractivity contribution in [1.29, 1.82) is 0 Å². The van der Waals surface area contributed by atoms with Gasteiger partial charge < -0.3 is 19.3 Å². The third kappa shape index (κ3) is 4.78. The first-order chi connectivity index (χ1) is 12.2. The van der Waals surface area contributed by atoms with Crippen LogP contribution in [-0.4, -0.2) is 35.4 Å². The number of allylic oxidation sites excluding steroid dienone is 1. The lowest BCUT2D eigenvalue weighted by Crippen LogP contribution is -2.37. The Hall–Kier alpha value is -2.49. The van der Waals surface area contributed by atoms with Crippen LogP contribution < -0.4 is 0 Å². The minimum Gasteiger partial charge on any atom is -0.473 e. The maximum atomic E-state index is 11.8. The lowest BCUT2D eigenvalue weighted by Gasteiger charge is -2.38. The highest BCUT2D eigenvalue weighted by Gasteiger charge is 2.42. The Morgan fingerprint density at radius 1 is 1.38 bits per heavy atom. The van der Waals surface area contributed by atoms with Crippen LogP contribution in [0.1, 0.15) is 52.4 Å². The quantitative estimate of drug-likeness (QED) is 0.439. The molecule has 0 radical (unpaired) electrons. The number of esters is 2. The lowest BCUT2D eigenvalue weighted by atomic mass is 9.70. The molecule has 0 amide bonds. The van der Waals surface area contributed by atoms with E-state index in [-0.39, 0.29) is 12.5 Å². The van der Waals surface area contributed by atoms with E-state index in [9.17, 15) is 14.4 Å². The first kappa shape index (κ1) is 19.8. The van der Waals surface area contributed by atoms with Gasteiger partial charge in [0, 0.05) is 25.7 Å². The highest BCUT2D eigenvalue weighted by molar-refractivity contribution is 6.28. The summed E-state index contributed by atoms with van der Waals surface area (Å²) in [5.74, 6) is -1.06. The molecular formula is C19H24O7. The highest BCUT2D eigenvalue weighted by atomic mass is 16.7. The summed E-state index contributed by atoms with van der Waals surface area (Å²) in [6.07, 6.45) is 11.7. The summed E-state index contributed by atoms with van der Waals surface area (Å²) in [6.45, 7) is 3.17. The average molecular weight is 364 g/mol. The second-order valence-corrected chi connectivity index (χ2v) is 7.18. The Morgan fingerprint density at radius 3 is 2.58 bits per heavy atom. The fourth-order valence-corrected chi connectivity index (χ4v) is 3.71. The Labute approximate surface area is 152 Å². The Bertz CT molecular complexity index is 649. The monoisotopic (exact) mass is 364 g/mol. The average Bonchev–Trinajstić information content (AvgIpc) is 3.06. The molecule has 1 saturated carbocycles. The SMILES string of the molecule is C#CC(CCOC(=O)C(=O)O)(CC1=CC(=O)OC(C)(C)O1)C1CCCC1. The van der Waals surface area contributed by atoms with Gasteiger partial charge >= 0.3 is 17.9 Å². The molecule has 0 saturated heterocycles. The van der Waals surface area contributed by atoms with E-state index >= 15 is 0 Å². The zero-order valence-electron chi connectivity index (χ0n) is 15.1. The normalized spacial score (nSPS) is 21.6. The van der Waals surface area contributed by atoms with E-state index in [0.717, 1.165) is 25.7 Å². The molecule has 7 heteroatoms. The smallest absolute Gasteiger partial charge is 0.417 e. The minimum atomic E-state index is -1.64. The summed E-state index contributed by atoms with van der Waals surface area (Å²) in [5, 5.41) is 8.63. The number of ether oxygens (including phenoxy) is 3. The van der Waals surface area contributed by atoms with Crippen LogP contribution in [0.2, 0.25) is 0 Å². The summed E-state index contributed by atoms with van der Waals surface area (Å²) < 4.78 is 15.6. The minimum absolute atomic E-state index is 0.104. The van der Waals surface area contributed by atoms with Gasteiger partial charge in [0.25, 0.3) is 0 Å². The largest absolute Gasteiger partial charge is 0.473 e. The molecule has 1 atom stereocenters. The molecule has 2 aliphatic rings. The van der Waals surface area contributed by atoms with Crippen LogP contribution in [0.5, 0.6) is 0 Å². The van der Waals surface area contributed by atoms with Gasteiger partial charge in [0.2, 0.25) is 5.79 Å². The Balaban J connectivity index is 2.17. The molecule has 1 fully saturated rings. The van der Waals surface area contributed by atoms with Crippen LogP contribution >= 0.6 is 0 Å². The third-order valence-electron chi connectivity index (χ3n) is 4.87. The number of hydrogen-bond acceptors (Lipinski definition) is 6. The van der Waals surface area contributed by atoms with Crippen molar-refractivity contribution >= 4 is 17.9 Å². The first-order valence-electron chi connectivity index (χ1n) is 8.68. The van der Waals surface area contributed by atoms with Crippen molar-refractivity contribution in [2.45, 2.75) is 58.2 Å². The molecule has 142 valence electrons. The summed E-state index contributed by atoms with van der Waals surface area (Å²) >= 11 is 0. The number of carbonyl (C=O) groups excluding carboxylic acids is 2. The van der Waals surface area contributed by atoms with E-state index in [1.807, 2.05) is 0 Å². The van der Waals surface area contributed by atoms with Crippen molar-refractivity contribution in [3.8, 4) is 12.3 Å². The van der Waals surface area contributed by atoms with Crippen molar-refractivity contribution in [3.05, 3.63) is 11.8 Å². The van der Waals surface area contributed by atoms with Gasteiger partial charge in [-0.3, -0.25) is 0 Å². The second-order valence-electron chi connectivity index (χ2n) is 7.18. The van der Waals surface area contributed by atoms with E-state index in [1.54, 1.807) is 13.8 Å². The number of carbonyl (C=O) groups is 3. The zero-order chi connectivity index (χ0) is 19.4. The fourth-order valence-electron chi connectivity index (χ4n) is 3.71. The highest BCUT2D eigenvalue weighted by Crippen LogP contribution is 2.47. The Morgan fingerprint density at radius 2 is 2.04 bits per heavy atom. The van der Waals surface area contributed by atoms with Gasteiger partial charge in [-0.05, 0) is 25.2 Å². The number of rotatable bonds is 6. The van der Waals surface area contributed by atoms with E-state index in [4.69, 9.17) is 25.7 Å². The molecule has 1 heterocycles. The molecule has 7 nitrogen and oxygen atoms in total. The summed E-state index contributed by atoms with van der Waals surface area (Å²) in [4.78, 5) is 33.6. The van der Waals surface area contributed by atoms with E-state index in [0.29, 0.717) is 18.6 Å². The molecule has 1 aliphatic heterocycles. The predicted molar refractivity (Wildman–Crippen MR) is 90.4 cm³/mol. The maximum absolute atomic E-state index is 11.8. The molecule has 1 unspecified atom stereocenters. The van der Waals surface area contributed by atoms with Gasteiger partial charge in [-0.15, -0.1) is 6.42 Å². The van der Waals surface area contributed by atoms with E-state index in [1.165, 1.54) is 6.08 Å². The molecule has 0 spiro atoms. The van der Waals surface area contributed by atoms with Crippen molar-refractivity contribution in [2.24, 2.45) is 11.3 Å². The topological polar surface area (TPSA) is 99.1 Å². The van der Waals surface area contributed by atoms with Crippen molar-refractivity contribution in [3.63, 3.8) is 0 Å². The molecule has 0 aromatic heterocycles. The molecule has 26 heavy (non-hydrogen) atoms. The molecule has 1 aliphatic carbocycles. The van der Waals surface area contributed by atoms with Crippen LogP contribution in [0, 0.1) is 23.7 Å². The third-order valence-corrected chi connectivity index (χ3v) is 4.87. The van der Waals surface area contributed by atoms with E-state index in [2.05, 4.69) is 5.92 Å². The number of carboxylic acids is 1. The fraction of sp³-hybridized carbons (Fsp3) is 0.632. The second kappa shape index (κ2) is 7.81. The van der Waals surface area contributed by atoms with Gasteiger partial charge in [-0.25, -0.2) is 14.4 Å². The lowest BCUT2D eigenvalue weighted by molar-refractivity contribution is -0.207. The number of cyclic esters (lactones) is 1. The van der Waals surface area contributed by atoms with Crippen molar-refractivity contribution in [2.75, 3.05) is 6.61 Å². The zero-order valence-corrected chi connectivity index (χ0v) is 15.1. The number of hydrogen-bond donors (Lipinski definition) is 1. The molecule has 0 aromatic rings. The van der Waals surface area contributed by atoms with Crippen molar-refractivity contribution in [1.82, 2.24) is 0 Å². The van der Waals surface area contributed by atoms with Crippen LogP contribution in [0.3, 0.4) is 0 Å². The molecule has 0 aromatic carbocycles. The molecule has 0 bridgehead atoms. The molecule has 1 N–H and O–H groups in total. The van der Waals surface area contributed by atoms with Crippen LogP contribution in [0.25, 0.3) is 0 Å². The van der Waals surface area contributed by atoms with Gasteiger partial charge in [-0.1, -0.05) is 18.8 Å². The summed E-state index contributed by atoms with van der Waals surface area (Å²) in [7, 11) is 0. The predicted octanol–water partition coefficient (Wildman–Crippen LogP) is 2.40. The standard InChI is InChI=1S/C19H24O7/c1-4-19(13-7-5-6-8-13,9-10-24-17(23)16(21)22)12-14-11-15(20)26-18(2,3)25-14/h1,11,13H,5-10,12H2,2-3H3,(H,21,22). The van der Waals surface area contributed by atoms with Crippen LogP contribution in [0.4, 0.5) is 0 Å². The number of terminal acetylenes is 1. The molecule has 2 rings (SSSR count). The summed E-state index contributed by atoms with van der Waals surface area (Å²) in [6, 6.07) is 0. The summed E-state index contributed by atoms with van der Waals surface area (Å²) in [5.41, 5.74) is -0.686. The van der Waals surface area contributed by atoms with E-state index < -0.39 is 29.1 Å². The van der Waals surface area contributed by atoms with Crippen LogP contribution in [0.15, 0.2) is 11.8 Å². The number of carboxylic acid groups (broad SMARTS) is 1. The van der Waals surface area contributed by atoms with Crippen LogP contribution in [-0.2, 0) is 28.6 Å². The first-order valence-corrected chi connectivity index (χ1v) is 8.68. The Kier molecular flexibility index (Phi) is 5.96. The van der Waals surface area contributed by atoms with Gasteiger partial charge in [0.05, 0.1) is 12.7 Å². The molecular weight excluding hydrogens is 340 g/mol. The number of aliphatic carboxylic acids is 1. The van der Waals surface area contributed by atoms with Crippen molar-refractivity contribution < 1.29 is 33.7 Å². The van der Waals surface area contributed by atoms with Gasteiger partial charge in [0.15, 0.2) is 0 Å².